The van der Waals surface area contributed by atoms with Crippen LogP contribution in [0.25, 0.3) is 0 Å². The quantitative estimate of drug-likeness (QED) is 0.758. The van der Waals surface area contributed by atoms with Crippen molar-refractivity contribution >= 4 is 11.3 Å². The van der Waals surface area contributed by atoms with Crippen molar-refractivity contribution in [1.29, 1.82) is 0 Å². The highest BCUT2D eigenvalue weighted by atomic mass is 32.1. The molecule has 2 N–H and O–H groups in total. The summed E-state index contributed by atoms with van der Waals surface area (Å²) in [7, 11) is 0. The summed E-state index contributed by atoms with van der Waals surface area (Å²) in [6, 6.07) is 0.284. The number of hydrogen-bond donors (Lipinski definition) is 1. The Kier molecular flexibility index (Phi) is 2.70. The zero-order chi connectivity index (χ0) is 10.1. The van der Waals surface area contributed by atoms with E-state index in [0.29, 0.717) is 0 Å². The van der Waals surface area contributed by atoms with Crippen LogP contribution in [-0.4, -0.2) is 11.0 Å². The summed E-state index contributed by atoms with van der Waals surface area (Å²) < 4.78 is 0. The second-order valence-corrected chi connectivity index (χ2v) is 5.24. The van der Waals surface area contributed by atoms with E-state index in [1.54, 1.807) is 0 Å². The lowest BCUT2D eigenvalue weighted by Gasteiger charge is -1.95. The van der Waals surface area contributed by atoms with Gasteiger partial charge < -0.3 is 5.73 Å². The molecule has 0 aliphatic heterocycles. The molecule has 1 aliphatic rings. The number of aryl methyl sites for hydroxylation is 2. The molecular formula is C11H16N2S. The van der Waals surface area contributed by atoms with Crippen LogP contribution in [0, 0.1) is 13.8 Å². The fourth-order valence-corrected chi connectivity index (χ4v) is 2.76. The minimum atomic E-state index is 0.284. The molecule has 76 valence electrons. The molecule has 0 spiro atoms. The summed E-state index contributed by atoms with van der Waals surface area (Å²) >= 11 is 1.81. The van der Waals surface area contributed by atoms with E-state index in [1.807, 2.05) is 11.3 Å². The first-order chi connectivity index (χ1) is 6.65. The molecule has 0 bridgehead atoms. The number of thiazole rings is 1. The van der Waals surface area contributed by atoms with E-state index in [9.17, 15) is 0 Å². The van der Waals surface area contributed by atoms with Crippen molar-refractivity contribution in [2.45, 2.75) is 39.2 Å². The van der Waals surface area contributed by atoms with Crippen LogP contribution in [0.15, 0.2) is 11.6 Å². The molecule has 0 aromatic carbocycles. The Morgan fingerprint density at radius 2 is 2.36 bits per heavy atom. The Labute approximate surface area is 88.9 Å². The summed E-state index contributed by atoms with van der Waals surface area (Å²) in [5.41, 5.74) is 8.46. The number of nitrogens with zero attached hydrogens (tertiary/aromatic N) is 1. The lowest BCUT2D eigenvalue weighted by atomic mass is 10.2. The van der Waals surface area contributed by atoms with Gasteiger partial charge in [0, 0.05) is 17.3 Å². The number of hydrogen-bond acceptors (Lipinski definition) is 3. The molecule has 1 aromatic rings. The number of rotatable bonds is 2. The van der Waals surface area contributed by atoms with Crippen molar-refractivity contribution in [2.24, 2.45) is 5.73 Å². The first-order valence-corrected chi connectivity index (χ1v) is 5.85. The zero-order valence-corrected chi connectivity index (χ0v) is 9.53. The number of allylic oxidation sites excluding steroid dienone is 1. The normalized spacial score (nSPS) is 21.4. The summed E-state index contributed by atoms with van der Waals surface area (Å²) in [4.78, 5) is 5.87. The molecule has 2 rings (SSSR count). The van der Waals surface area contributed by atoms with E-state index in [0.717, 1.165) is 19.3 Å². The second-order valence-electron chi connectivity index (χ2n) is 3.95. The Bertz CT molecular complexity index is 346. The fourth-order valence-electron chi connectivity index (χ4n) is 1.78. The maximum Gasteiger partial charge on any atom is 0.0971 e. The zero-order valence-electron chi connectivity index (χ0n) is 8.71. The van der Waals surface area contributed by atoms with E-state index >= 15 is 0 Å². The van der Waals surface area contributed by atoms with E-state index in [2.05, 4.69) is 24.9 Å². The molecule has 1 heterocycles. The van der Waals surface area contributed by atoms with E-state index in [-0.39, 0.29) is 6.04 Å². The third-order valence-electron chi connectivity index (χ3n) is 2.70. The van der Waals surface area contributed by atoms with E-state index < -0.39 is 0 Å². The van der Waals surface area contributed by atoms with E-state index in [4.69, 9.17) is 5.73 Å². The van der Waals surface area contributed by atoms with Crippen molar-refractivity contribution in [3.8, 4) is 0 Å². The van der Waals surface area contributed by atoms with Crippen molar-refractivity contribution in [2.75, 3.05) is 0 Å². The highest BCUT2D eigenvalue weighted by molar-refractivity contribution is 7.11. The van der Waals surface area contributed by atoms with Gasteiger partial charge in [-0.1, -0.05) is 11.6 Å². The van der Waals surface area contributed by atoms with Crippen LogP contribution in [-0.2, 0) is 6.42 Å². The van der Waals surface area contributed by atoms with Crippen molar-refractivity contribution in [3.05, 3.63) is 27.2 Å². The van der Waals surface area contributed by atoms with Gasteiger partial charge in [-0.3, -0.25) is 0 Å². The fraction of sp³-hybridized carbons (Fsp3) is 0.545. The summed E-state index contributed by atoms with van der Waals surface area (Å²) in [5, 5.41) is 1.24. The predicted molar refractivity (Wildman–Crippen MR) is 60.6 cm³/mol. The Morgan fingerprint density at radius 3 is 2.86 bits per heavy atom. The van der Waals surface area contributed by atoms with Gasteiger partial charge >= 0.3 is 0 Å². The topological polar surface area (TPSA) is 38.9 Å². The highest BCUT2D eigenvalue weighted by Gasteiger charge is 2.13. The highest BCUT2D eigenvalue weighted by Crippen LogP contribution is 2.24. The maximum absolute atomic E-state index is 5.82. The predicted octanol–water partition coefficient (Wildman–Crippen LogP) is 2.35. The summed E-state index contributed by atoms with van der Waals surface area (Å²) in [6.45, 7) is 4.20. The molecule has 1 aromatic heterocycles. The van der Waals surface area contributed by atoms with Crippen LogP contribution in [0.2, 0.25) is 0 Å². The van der Waals surface area contributed by atoms with Crippen molar-refractivity contribution < 1.29 is 0 Å². The third kappa shape index (κ3) is 2.04. The molecule has 1 atom stereocenters. The Balaban J connectivity index is 2.08. The molecule has 3 heteroatoms. The van der Waals surface area contributed by atoms with Gasteiger partial charge in [-0.2, -0.15) is 0 Å². The van der Waals surface area contributed by atoms with Gasteiger partial charge in [-0.25, -0.2) is 4.98 Å². The van der Waals surface area contributed by atoms with Gasteiger partial charge in [0.15, 0.2) is 0 Å². The Morgan fingerprint density at radius 1 is 1.57 bits per heavy atom. The molecule has 14 heavy (non-hydrogen) atoms. The number of aromatic nitrogens is 1. The molecular weight excluding hydrogens is 192 g/mol. The minimum absolute atomic E-state index is 0.284. The van der Waals surface area contributed by atoms with Crippen LogP contribution >= 0.6 is 11.3 Å². The molecule has 0 radical (unpaired) electrons. The van der Waals surface area contributed by atoms with Gasteiger partial charge in [0.05, 0.1) is 10.7 Å². The Hall–Kier alpha value is -0.670. The lowest BCUT2D eigenvalue weighted by Crippen LogP contribution is -2.11. The standard InChI is InChI=1S/C11H16N2S/c1-7-8(2)14-11(13-7)6-9-3-4-10(12)5-9/h5,10H,3-4,6,12H2,1-2H3. The average molecular weight is 208 g/mol. The van der Waals surface area contributed by atoms with Gasteiger partial charge in [0.2, 0.25) is 0 Å². The maximum atomic E-state index is 5.82. The van der Waals surface area contributed by atoms with Crippen LogP contribution < -0.4 is 5.73 Å². The van der Waals surface area contributed by atoms with Gasteiger partial charge in [0.1, 0.15) is 0 Å². The lowest BCUT2D eigenvalue weighted by molar-refractivity contribution is 0.769. The van der Waals surface area contributed by atoms with Crippen LogP contribution in [0.4, 0.5) is 0 Å². The van der Waals surface area contributed by atoms with Crippen LogP contribution in [0.5, 0.6) is 0 Å². The van der Waals surface area contributed by atoms with Gasteiger partial charge in [-0.15, -0.1) is 11.3 Å². The van der Waals surface area contributed by atoms with E-state index in [1.165, 1.54) is 21.2 Å². The molecule has 0 saturated carbocycles. The van der Waals surface area contributed by atoms with Crippen LogP contribution in [0.1, 0.15) is 28.4 Å². The van der Waals surface area contributed by atoms with Crippen molar-refractivity contribution in [1.82, 2.24) is 4.98 Å². The number of nitrogens with two attached hydrogens (primary N) is 1. The second kappa shape index (κ2) is 3.83. The molecule has 0 saturated heterocycles. The molecule has 2 nitrogen and oxygen atoms in total. The molecule has 1 aliphatic carbocycles. The SMILES string of the molecule is Cc1nc(CC2=CC(N)CC2)sc1C. The van der Waals surface area contributed by atoms with Gasteiger partial charge in [0.25, 0.3) is 0 Å². The molecule has 0 amide bonds. The first kappa shape index (κ1) is 9.87. The van der Waals surface area contributed by atoms with Crippen molar-refractivity contribution in [3.63, 3.8) is 0 Å². The average Bonchev–Trinajstić information content (AvgIpc) is 2.62. The molecule has 0 fully saturated rings. The molecule has 1 unspecified atom stereocenters. The van der Waals surface area contributed by atoms with Gasteiger partial charge in [-0.05, 0) is 26.7 Å². The largest absolute Gasteiger partial charge is 0.324 e. The monoisotopic (exact) mass is 208 g/mol. The smallest absolute Gasteiger partial charge is 0.0971 e. The summed E-state index contributed by atoms with van der Waals surface area (Å²) in [6.07, 6.45) is 5.47. The van der Waals surface area contributed by atoms with Crippen LogP contribution in [0.3, 0.4) is 0 Å². The third-order valence-corrected chi connectivity index (χ3v) is 3.77. The summed E-state index contributed by atoms with van der Waals surface area (Å²) in [5.74, 6) is 0. The first-order valence-electron chi connectivity index (χ1n) is 5.03. The minimum Gasteiger partial charge on any atom is -0.324 e.